The van der Waals surface area contributed by atoms with E-state index in [4.69, 9.17) is 0 Å². The molecular weight excluding hydrogens is 225 g/mol. The van der Waals surface area contributed by atoms with E-state index in [1.807, 2.05) is 30.3 Å². The lowest BCUT2D eigenvalue weighted by Gasteiger charge is -2.10. The van der Waals surface area contributed by atoms with Crippen molar-refractivity contribution in [2.24, 2.45) is 0 Å². The van der Waals surface area contributed by atoms with Crippen molar-refractivity contribution in [1.29, 1.82) is 0 Å². The molecule has 0 spiro atoms. The van der Waals surface area contributed by atoms with Gasteiger partial charge in [-0.1, -0.05) is 43.3 Å². The molecule has 0 unspecified atom stereocenters. The van der Waals surface area contributed by atoms with Gasteiger partial charge in [0.25, 0.3) is 0 Å². The zero-order valence-electron chi connectivity index (χ0n) is 10.8. The Morgan fingerprint density at radius 2 is 1.89 bits per heavy atom. The van der Waals surface area contributed by atoms with Gasteiger partial charge in [0.15, 0.2) is 0 Å². The smallest absolute Gasteiger partial charge is 0.126 e. The SMILES string of the molecule is CCNCc1ccccc1-c1ccc(C)c(F)c1. The van der Waals surface area contributed by atoms with Gasteiger partial charge in [0.2, 0.25) is 0 Å². The molecule has 2 rings (SSSR count). The molecule has 0 amide bonds. The molecule has 18 heavy (non-hydrogen) atoms. The number of benzene rings is 2. The van der Waals surface area contributed by atoms with Crippen LogP contribution in [-0.2, 0) is 6.54 Å². The quantitative estimate of drug-likeness (QED) is 0.858. The van der Waals surface area contributed by atoms with Crippen molar-refractivity contribution in [1.82, 2.24) is 5.32 Å². The lowest BCUT2D eigenvalue weighted by Crippen LogP contribution is -2.12. The van der Waals surface area contributed by atoms with Crippen LogP contribution in [-0.4, -0.2) is 6.54 Å². The topological polar surface area (TPSA) is 12.0 Å². The van der Waals surface area contributed by atoms with E-state index in [1.165, 1.54) is 5.56 Å². The molecule has 0 atom stereocenters. The third-order valence-electron chi connectivity index (χ3n) is 3.07. The number of rotatable bonds is 4. The van der Waals surface area contributed by atoms with Crippen molar-refractivity contribution in [3.05, 3.63) is 59.4 Å². The fourth-order valence-corrected chi connectivity index (χ4v) is 1.98. The van der Waals surface area contributed by atoms with Crippen LogP contribution in [0.2, 0.25) is 0 Å². The summed E-state index contributed by atoms with van der Waals surface area (Å²) >= 11 is 0. The van der Waals surface area contributed by atoms with Crippen LogP contribution < -0.4 is 5.32 Å². The number of hydrogen-bond acceptors (Lipinski definition) is 1. The summed E-state index contributed by atoms with van der Waals surface area (Å²) in [5.74, 6) is -0.147. The zero-order chi connectivity index (χ0) is 13.0. The first-order valence-electron chi connectivity index (χ1n) is 6.27. The Morgan fingerprint density at radius 3 is 2.61 bits per heavy atom. The van der Waals surface area contributed by atoms with Gasteiger partial charge in [-0.05, 0) is 41.8 Å². The van der Waals surface area contributed by atoms with Crippen LogP contribution in [0.5, 0.6) is 0 Å². The molecule has 0 saturated heterocycles. The highest BCUT2D eigenvalue weighted by molar-refractivity contribution is 5.67. The molecule has 0 aliphatic rings. The van der Waals surface area contributed by atoms with Crippen molar-refractivity contribution in [2.75, 3.05) is 6.54 Å². The maximum absolute atomic E-state index is 13.6. The van der Waals surface area contributed by atoms with E-state index in [1.54, 1.807) is 13.0 Å². The standard InChI is InChI=1S/C16H18FN/c1-3-18-11-14-6-4-5-7-15(14)13-9-8-12(2)16(17)10-13/h4-10,18H,3,11H2,1-2H3. The third-order valence-corrected chi connectivity index (χ3v) is 3.07. The van der Waals surface area contributed by atoms with E-state index < -0.39 is 0 Å². The van der Waals surface area contributed by atoms with E-state index in [9.17, 15) is 4.39 Å². The predicted molar refractivity (Wildman–Crippen MR) is 74.0 cm³/mol. The van der Waals surface area contributed by atoms with Crippen LogP contribution in [0.15, 0.2) is 42.5 Å². The summed E-state index contributed by atoms with van der Waals surface area (Å²) in [4.78, 5) is 0. The van der Waals surface area contributed by atoms with E-state index in [2.05, 4.69) is 18.3 Å². The predicted octanol–water partition coefficient (Wildman–Crippen LogP) is 3.91. The summed E-state index contributed by atoms with van der Waals surface area (Å²) in [6, 6.07) is 13.5. The molecule has 0 aliphatic carbocycles. The van der Waals surface area contributed by atoms with Crippen LogP contribution >= 0.6 is 0 Å². The first-order chi connectivity index (χ1) is 8.72. The molecule has 2 aromatic rings. The minimum Gasteiger partial charge on any atom is -0.313 e. The molecule has 0 aliphatic heterocycles. The summed E-state index contributed by atoms with van der Waals surface area (Å²) in [6.45, 7) is 5.59. The summed E-state index contributed by atoms with van der Waals surface area (Å²) < 4.78 is 13.6. The maximum atomic E-state index is 13.6. The molecule has 0 radical (unpaired) electrons. The second-order valence-corrected chi connectivity index (χ2v) is 4.40. The molecule has 0 aromatic heterocycles. The van der Waals surface area contributed by atoms with Crippen LogP contribution in [0.4, 0.5) is 4.39 Å². The molecule has 2 heteroatoms. The van der Waals surface area contributed by atoms with Crippen molar-refractivity contribution < 1.29 is 4.39 Å². The number of hydrogen-bond donors (Lipinski definition) is 1. The molecule has 0 bridgehead atoms. The molecule has 0 saturated carbocycles. The Labute approximate surface area is 108 Å². The number of halogens is 1. The zero-order valence-corrected chi connectivity index (χ0v) is 10.8. The molecule has 1 N–H and O–H groups in total. The fourth-order valence-electron chi connectivity index (χ4n) is 1.98. The molecule has 94 valence electrons. The van der Waals surface area contributed by atoms with Gasteiger partial charge in [-0.25, -0.2) is 4.39 Å². The van der Waals surface area contributed by atoms with Gasteiger partial charge < -0.3 is 5.32 Å². The lowest BCUT2D eigenvalue weighted by atomic mass is 9.98. The second-order valence-electron chi connectivity index (χ2n) is 4.40. The molecule has 2 aromatic carbocycles. The Kier molecular flexibility index (Phi) is 4.11. The Hall–Kier alpha value is -1.67. The van der Waals surface area contributed by atoms with Gasteiger partial charge in [0.1, 0.15) is 5.82 Å². The summed E-state index contributed by atoms with van der Waals surface area (Å²) in [6.07, 6.45) is 0. The highest BCUT2D eigenvalue weighted by atomic mass is 19.1. The van der Waals surface area contributed by atoms with Gasteiger partial charge in [-0.3, -0.25) is 0 Å². The van der Waals surface area contributed by atoms with Gasteiger partial charge in [0.05, 0.1) is 0 Å². The average molecular weight is 243 g/mol. The highest BCUT2D eigenvalue weighted by Gasteiger charge is 2.06. The minimum atomic E-state index is -0.147. The van der Waals surface area contributed by atoms with Gasteiger partial charge >= 0.3 is 0 Å². The van der Waals surface area contributed by atoms with Crippen molar-refractivity contribution in [3.8, 4) is 11.1 Å². The van der Waals surface area contributed by atoms with Gasteiger partial charge in [-0.15, -0.1) is 0 Å². The van der Waals surface area contributed by atoms with E-state index >= 15 is 0 Å². The van der Waals surface area contributed by atoms with E-state index in [0.29, 0.717) is 5.56 Å². The van der Waals surface area contributed by atoms with Gasteiger partial charge in [-0.2, -0.15) is 0 Å². The van der Waals surface area contributed by atoms with Crippen molar-refractivity contribution >= 4 is 0 Å². The molecule has 0 fully saturated rings. The normalized spacial score (nSPS) is 10.6. The molecular formula is C16H18FN. The average Bonchev–Trinajstić information content (AvgIpc) is 2.40. The van der Waals surface area contributed by atoms with Crippen LogP contribution in [0, 0.1) is 12.7 Å². The maximum Gasteiger partial charge on any atom is 0.126 e. The molecule has 0 heterocycles. The van der Waals surface area contributed by atoms with E-state index in [-0.39, 0.29) is 5.82 Å². The van der Waals surface area contributed by atoms with Crippen LogP contribution in [0.25, 0.3) is 11.1 Å². The third kappa shape index (κ3) is 2.77. The first kappa shape index (κ1) is 12.8. The van der Waals surface area contributed by atoms with Crippen molar-refractivity contribution in [2.45, 2.75) is 20.4 Å². The van der Waals surface area contributed by atoms with Crippen LogP contribution in [0.3, 0.4) is 0 Å². The van der Waals surface area contributed by atoms with Gasteiger partial charge in [0, 0.05) is 6.54 Å². The fraction of sp³-hybridized carbons (Fsp3) is 0.250. The number of nitrogens with one attached hydrogen (secondary N) is 1. The van der Waals surface area contributed by atoms with Crippen molar-refractivity contribution in [3.63, 3.8) is 0 Å². The first-order valence-corrected chi connectivity index (χ1v) is 6.27. The number of aryl methyl sites for hydroxylation is 1. The largest absolute Gasteiger partial charge is 0.313 e. The van der Waals surface area contributed by atoms with Crippen LogP contribution in [0.1, 0.15) is 18.1 Å². The summed E-state index contributed by atoms with van der Waals surface area (Å²) in [5, 5.41) is 3.31. The van der Waals surface area contributed by atoms with E-state index in [0.717, 1.165) is 24.2 Å². The lowest BCUT2D eigenvalue weighted by molar-refractivity contribution is 0.619. The highest BCUT2D eigenvalue weighted by Crippen LogP contribution is 2.25. The monoisotopic (exact) mass is 243 g/mol. The molecule has 1 nitrogen and oxygen atoms in total. The summed E-state index contributed by atoms with van der Waals surface area (Å²) in [7, 11) is 0. The second kappa shape index (κ2) is 5.78. The Balaban J connectivity index is 2.39. The Morgan fingerprint density at radius 1 is 1.11 bits per heavy atom. The minimum absolute atomic E-state index is 0.147. The summed E-state index contributed by atoms with van der Waals surface area (Å²) in [5.41, 5.74) is 3.91. The Bertz CT molecular complexity index is 534.